The summed E-state index contributed by atoms with van der Waals surface area (Å²) in [6, 6.07) is 21.7. The van der Waals surface area contributed by atoms with Crippen molar-refractivity contribution in [1.29, 1.82) is 0 Å². The van der Waals surface area contributed by atoms with Gasteiger partial charge in [0.05, 0.1) is 12.7 Å². The van der Waals surface area contributed by atoms with Crippen molar-refractivity contribution in [3.63, 3.8) is 0 Å². The van der Waals surface area contributed by atoms with Crippen LogP contribution in [0.5, 0.6) is 5.75 Å². The maximum atomic E-state index is 12.9. The highest BCUT2D eigenvalue weighted by Crippen LogP contribution is 2.48. The lowest BCUT2D eigenvalue weighted by atomic mass is 9.79. The Bertz CT molecular complexity index is 1070. The number of carbonyl (C=O) groups is 1. The molecule has 0 fully saturated rings. The van der Waals surface area contributed by atoms with Gasteiger partial charge in [-0.25, -0.2) is 4.79 Å². The number of nitrogens with zero attached hydrogens (tertiary/aromatic N) is 2. The molecule has 154 valence electrons. The van der Waals surface area contributed by atoms with Gasteiger partial charge in [-0.2, -0.15) is 0 Å². The number of rotatable bonds is 5. The fourth-order valence-corrected chi connectivity index (χ4v) is 3.94. The van der Waals surface area contributed by atoms with E-state index < -0.39 is 5.60 Å². The Balaban J connectivity index is 1.98. The highest BCUT2D eigenvalue weighted by molar-refractivity contribution is 5.97. The van der Waals surface area contributed by atoms with Crippen LogP contribution in [0.15, 0.2) is 66.7 Å². The van der Waals surface area contributed by atoms with E-state index in [0.29, 0.717) is 5.56 Å². The summed E-state index contributed by atoms with van der Waals surface area (Å²) in [4.78, 5) is 17.0. The topological polar surface area (TPSA) is 42.0 Å². The first-order chi connectivity index (χ1) is 14.4. The lowest BCUT2D eigenvalue weighted by molar-refractivity contribution is 0.0251. The summed E-state index contributed by atoms with van der Waals surface area (Å²) in [6.07, 6.45) is 0. The van der Waals surface area contributed by atoms with Gasteiger partial charge in [-0.3, -0.25) is 0 Å². The van der Waals surface area contributed by atoms with E-state index in [1.807, 2.05) is 105 Å². The molecule has 1 unspecified atom stereocenters. The fourth-order valence-electron chi connectivity index (χ4n) is 3.94. The van der Waals surface area contributed by atoms with E-state index >= 15 is 0 Å². The predicted molar refractivity (Wildman–Crippen MR) is 120 cm³/mol. The van der Waals surface area contributed by atoms with Gasteiger partial charge in [0.15, 0.2) is 5.60 Å². The molecule has 1 aliphatic rings. The lowest BCUT2D eigenvalue weighted by Crippen LogP contribution is -2.29. The number of hydrogen-bond donors (Lipinski definition) is 0. The molecule has 1 heterocycles. The van der Waals surface area contributed by atoms with Gasteiger partial charge >= 0.3 is 5.97 Å². The van der Waals surface area contributed by atoms with Crippen LogP contribution in [-0.4, -0.2) is 41.3 Å². The summed E-state index contributed by atoms with van der Waals surface area (Å²) in [7, 11) is 9.62. The molecule has 0 spiro atoms. The minimum atomic E-state index is -1.02. The molecule has 3 aromatic rings. The zero-order valence-electron chi connectivity index (χ0n) is 18.0. The normalized spacial score (nSPS) is 17.3. The minimum absolute atomic E-state index is 0.317. The third kappa shape index (κ3) is 3.07. The molecule has 1 atom stereocenters. The zero-order valence-corrected chi connectivity index (χ0v) is 18.0. The van der Waals surface area contributed by atoms with Gasteiger partial charge in [0, 0.05) is 56.3 Å². The Morgan fingerprint density at radius 2 is 1.30 bits per heavy atom. The molecule has 0 amide bonds. The molecule has 0 saturated carbocycles. The molecule has 0 bridgehead atoms. The quantitative estimate of drug-likeness (QED) is 0.596. The van der Waals surface area contributed by atoms with Gasteiger partial charge in [-0.1, -0.05) is 24.3 Å². The second-order valence-corrected chi connectivity index (χ2v) is 7.86. The van der Waals surface area contributed by atoms with Crippen molar-refractivity contribution >= 4 is 17.3 Å². The van der Waals surface area contributed by atoms with E-state index in [4.69, 9.17) is 9.47 Å². The van der Waals surface area contributed by atoms with E-state index in [2.05, 4.69) is 0 Å². The Hall–Kier alpha value is -3.47. The van der Waals surface area contributed by atoms with Crippen LogP contribution in [0.1, 0.15) is 27.0 Å². The second-order valence-electron chi connectivity index (χ2n) is 7.86. The Morgan fingerprint density at radius 3 is 1.83 bits per heavy atom. The first kappa shape index (κ1) is 19.8. The van der Waals surface area contributed by atoms with Crippen molar-refractivity contribution < 1.29 is 14.3 Å². The van der Waals surface area contributed by atoms with Crippen LogP contribution in [0, 0.1) is 0 Å². The van der Waals surface area contributed by atoms with Crippen LogP contribution in [0.4, 0.5) is 11.4 Å². The summed E-state index contributed by atoms with van der Waals surface area (Å²) in [5, 5.41) is 0. The Morgan fingerprint density at radius 1 is 0.767 bits per heavy atom. The monoisotopic (exact) mass is 402 g/mol. The molecule has 5 nitrogen and oxygen atoms in total. The van der Waals surface area contributed by atoms with Crippen molar-refractivity contribution in [2.24, 2.45) is 0 Å². The highest BCUT2D eigenvalue weighted by Gasteiger charge is 2.48. The highest BCUT2D eigenvalue weighted by atomic mass is 16.6. The van der Waals surface area contributed by atoms with Crippen molar-refractivity contribution in [2.75, 3.05) is 45.1 Å². The molecule has 1 aliphatic heterocycles. The third-order valence-electron chi connectivity index (χ3n) is 5.65. The van der Waals surface area contributed by atoms with Crippen LogP contribution in [0.3, 0.4) is 0 Å². The molecule has 0 aromatic heterocycles. The average molecular weight is 402 g/mol. The van der Waals surface area contributed by atoms with Crippen molar-refractivity contribution in [3.8, 4) is 5.75 Å². The summed E-state index contributed by atoms with van der Waals surface area (Å²) < 4.78 is 11.5. The number of ether oxygens (including phenoxy) is 2. The smallest absolute Gasteiger partial charge is 0.340 e. The summed E-state index contributed by atoms with van der Waals surface area (Å²) in [5.74, 6) is 0.436. The number of methoxy groups -OCH3 is 1. The standard InChI is InChI=1S/C25H26N2O3/c1-26(2)19-10-6-17(7-11-19)25(18-8-13-21(29-5)14-9-18)23-16-20(27(3)4)12-15-22(23)24(28)30-25/h6-16H,1-5H3. The molecular formula is C25H26N2O3. The molecule has 30 heavy (non-hydrogen) atoms. The van der Waals surface area contributed by atoms with Gasteiger partial charge in [-0.15, -0.1) is 0 Å². The van der Waals surface area contributed by atoms with Crippen LogP contribution in [-0.2, 0) is 10.3 Å². The largest absolute Gasteiger partial charge is 0.497 e. The maximum Gasteiger partial charge on any atom is 0.340 e. The second kappa shape index (κ2) is 7.41. The zero-order chi connectivity index (χ0) is 21.5. The summed E-state index contributed by atoms with van der Waals surface area (Å²) >= 11 is 0. The van der Waals surface area contributed by atoms with Gasteiger partial charge < -0.3 is 19.3 Å². The van der Waals surface area contributed by atoms with Crippen LogP contribution >= 0.6 is 0 Å². The van der Waals surface area contributed by atoms with Crippen LogP contribution in [0.25, 0.3) is 0 Å². The van der Waals surface area contributed by atoms with E-state index in [-0.39, 0.29) is 5.97 Å². The van der Waals surface area contributed by atoms with E-state index in [0.717, 1.165) is 33.8 Å². The molecule has 0 aliphatic carbocycles. The van der Waals surface area contributed by atoms with Crippen LogP contribution in [0.2, 0.25) is 0 Å². The number of benzene rings is 3. The van der Waals surface area contributed by atoms with Gasteiger partial charge in [0.25, 0.3) is 0 Å². The fraction of sp³-hybridized carbons (Fsp3) is 0.240. The summed E-state index contributed by atoms with van der Waals surface area (Å²) in [6.45, 7) is 0. The molecule has 0 N–H and O–H groups in total. The van der Waals surface area contributed by atoms with Gasteiger partial charge in [0.1, 0.15) is 5.75 Å². The van der Waals surface area contributed by atoms with E-state index in [9.17, 15) is 4.79 Å². The van der Waals surface area contributed by atoms with Crippen molar-refractivity contribution in [2.45, 2.75) is 5.60 Å². The number of cyclic esters (lactones) is 1. The molecule has 4 rings (SSSR count). The Labute approximate surface area is 177 Å². The average Bonchev–Trinajstić information content (AvgIpc) is 3.06. The van der Waals surface area contributed by atoms with Gasteiger partial charge in [0.2, 0.25) is 0 Å². The number of fused-ring (bicyclic) bond motifs is 1. The maximum absolute atomic E-state index is 12.9. The predicted octanol–water partition coefficient (Wildman–Crippen LogP) is 4.29. The lowest BCUT2D eigenvalue weighted by Gasteiger charge is -2.31. The van der Waals surface area contributed by atoms with Crippen molar-refractivity contribution in [3.05, 3.63) is 89.0 Å². The van der Waals surface area contributed by atoms with Crippen molar-refractivity contribution in [1.82, 2.24) is 0 Å². The number of hydrogen-bond acceptors (Lipinski definition) is 5. The summed E-state index contributed by atoms with van der Waals surface area (Å²) in [5.41, 5.74) is 4.29. The first-order valence-corrected chi connectivity index (χ1v) is 9.84. The number of carbonyl (C=O) groups excluding carboxylic acids is 1. The third-order valence-corrected chi connectivity index (χ3v) is 5.65. The Kier molecular flexibility index (Phi) is 4.90. The SMILES string of the molecule is COc1ccc(C2(c3ccc(N(C)C)cc3)OC(=O)c3ccc(N(C)C)cc32)cc1. The first-order valence-electron chi connectivity index (χ1n) is 9.84. The number of anilines is 2. The molecular weight excluding hydrogens is 376 g/mol. The molecule has 5 heteroatoms. The van der Waals surface area contributed by atoms with E-state index in [1.54, 1.807) is 7.11 Å². The van der Waals surface area contributed by atoms with E-state index in [1.165, 1.54) is 0 Å². The molecule has 0 saturated heterocycles. The molecule has 3 aromatic carbocycles. The van der Waals surface area contributed by atoms with Gasteiger partial charge in [-0.05, 0) is 42.5 Å². The number of esters is 1. The van der Waals surface area contributed by atoms with Crippen LogP contribution < -0.4 is 14.5 Å². The minimum Gasteiger partial charge on any atom is -0.497 e. The molecule has 0 radical (unpaired) electrons.